The number of primary amides is 1. The Labute approximate surface area is 103 Å². The van der Waals surface area contributed by atoms with Gasteiger partial charge >= 0.3 is 6.18 Å². The second-order valence-corrected chi connectivity index (χ2v) is 4.19. The number of alkyl halides is 3. The van der Waals surface area contributed by atoms with E-state index < -0.39 is 24.7 Å². The van der Waals surface area contributed by atoms with E-state index in [0.29, 0.717) is 5.56 Å². The molecule has 3 N–H and O–H groups in total. The fourth-order valence-electron chi connectivity index (χ4n) is 1.65. The van der Waals surface area contributed by atoms with Gasteiger partial charge in [-0.3, -0.25) is 10.1 Å². The van der Waals surface area contributed by atoms with Crippen LogP contribution in [0, 0.1) is 13.8 Å². The number of hydrogen-bond acceptors (Lipinski definition) is 2. The van der Waals surface area contributed by atoms with E-state index in [4.69, 9.17) is 5.73 Å². The third-order valence-corrected chi connectivity index (χ3v) is 2.54. The molecule has 0 aliphatic heterocycles. The molecule has 18 heavy (non-hydrogen) atoms. The second-order valence-electron chi connectivity index (χ2n) is 4.19. The van der Waals surface area contributed by atoms with Crippen LogP contribution in [0.25, 0.3) is 0 Å². The van der Waals surface area contributed by atoms with Gasteiger partial charge in [-0.1, -0.05) is 23.8 Å². The highest BCUT2D eigenvalue weighted by Gasteiger charge is 2.30. The molecule has 1 rings (SSSR count). The molecule has 0 bridgehead atoms. The van der Waals surface area contributed by atoms with Crippen LogP contribution < -0.4 is 11.1 Å². The van der Waals surface area contributed by atoms with Crippen LogP contribution in [0.2, 0.25) is 0 Å². The van der Waals surface area contributed by atoms with E-state index in [0.717, 1.165) is 11.1 Å². The van der Waals surface area contributed by atoms with Crippen molar-refractivity contribution in [2.24, 2.45) is 5.73 Å². The summed E-state index contributed by atoms with van der Waals surface area (Å²) in [5.74, 6) is -0.826. The van der Waals surface area contributed by atoms with Crippen molar-refractivity contribution < 1.29 is 18.0 Å². The second kappa shape index (κ2) is 5.39. The third-order valence-electron chi connectivity index (χ3n) is 2.54. The van der Waals surface area contributed by atoms with Crippen LogP contribution in [0.1, 0.15) is 22.7 Å². The Balaban J connectivity index is 2.98. The normalized spacial score (nSPS) is 13.4. The first-order valence-electron chi connectivity index (χ1n) is 5.37. The van der Waals surface area contributed by atoms with Gasteiger partial charge in [0, 0.05) is 0 Å². The van der Waals surface area contributed by atoms with E-state index in [9.17, 15) is 18.0 Å². The van der Waals surface area contributed by atoms with Crippen molar-refractivity contribution in [3.8, 4) is 0 Å². The maximum Gasteiger partial charge on any atom is 0.401 e. The molecule has 0 fully saturated rings. The minimum Gasteiger partial charge on any atom is -0.368 e. The van der Waals surface area contributed by atoms with Crippen molar-refractivity contribution in [2.45, 2.75) is 26.1 Å². The summed E-state index contributed by atoms with van der Waals surface area (Å²) in [7, 11) is 0. The van der Waals surface area contributed by atoms with Gasteiger partial charge in [0.05, 0.1) is 6.54 Å². The van der Waals surface area contributed by atoms with Crippen LogP contribution in [-0.4, -0.2) is 18.6 Å². The number of halogens is 3. The number of rotatable bonds is 4. The van der Waals surface area contributed by atoms with E-state index >= 15 is 0 Å². The predicted molar refractivity (Wildman–Crippen MR) is 61.9 cm³/mol. The number of nitrogens with two attached hydrogens (primary N) is 1. The summed E-state index contributed by atoms with van der Waals surface area (Å²) in [5.41, 5.74) is 7.21. The molecule has 0 radical (unpaired) electrons. The zero-order valence-corrected chi connectivity index (χ0v) is 10.1. The Bertz CT molecular complexity index is 443. The molecule has 0 aliphatic carbocycles. The predicted octanol–water partition coefficient (Wildman–Crippen LogP) is 1.98. The molecule has 0 aliphatic rings. The van der Waals surface area contributed by atoms with Gasteiger partial charge in [0.1, 0.15) is 6.04 Å². The highest BCUT2D eigenvalue weighted by Crippen LogP contribution is 2.21. The van der Waals surface area contributed by atoms with Crippen molar-refractivity contribution >= 4 is 5.91 Å². The van der Waals surface area contributed by atoms with E-state index in [1.54, 1.807) is 26.0 Å². The standard InChI is InChI=1S/C12H15F3N2O/c1-7-3-4-8(2)9(5-7)10(11(16)18)17-6-12(13,14)15/h3-5,10,17H,6H2,1-2H3,(H2,16,18). The van der Waals surface area contributed by atoms with Crippen LogP contribution in [0.5, 0.6) is 0 Å². The minimum atomic E-state index is -4.38. The molecule has 0 heterocycles. The summed E-state index contributed by atoms with van der Waals surface area (Å²) < 4.78 is 36.5. The molecule has 0 aromatic heterocycles. The summed E-state index contributed by atoms with van der Waals surface area (Å²) in [5, 5.41) is 2.14. The zero-order chi connectivity index (χ0) is 13.9. The van der Waals surface area contributed by atoms with Crippen molar-refractivity contribution in [1.82, 2.24) is 5.32 Å². The van der Waals surface area contributed by atoms with Gasteiger partial charge in [0.25, 0.3) is 0 Å². The van der Waals surface area contributed by atoms with Gasteiger partial charge in [-0.2, -0.15) is 13.2 Å². The van der Waals surface area contributed by atoms with E-state index in [1.165, 1.54) is 0 Å². The number of carbonyl (C=O) groups excluding carboxylic acids is 1. The molecular formula is C12H15F3N2O. The first kappa shape index (κ1) is 14.5. The Hall–Kier alpha value is -1.56. The monoisotopic (exact) mass is 260 g/mol. The first-order chi connectivity index (χ1) is 8.20. The fourth-order valence-corrected chi connectivity index (χ4v) is 1.65. The van der Waals surface area contributed by atoms with Gasteiger partial charge in [0.2, 0.25) is 5.91 Å². The largest absolute Gasteiger partial charge is 0.401 e. The van der Waals surface area contributed by atoms with Gasteiger partial charge in [-0.15, -0.1) is 0 Å². The Morgan fingerprint density at radius 1 is 1.39 bits per heavy atom. The summed E-state index contributed by atoms with van der Waals surface area (Å²) in [6.45, 7) is 2.26. The topological polar surface area (TPSA) is 55.1 Å². The van der Waals surface area contributed by atoms with Gasteiger partial charge in [0.15, 0.2) is 0 Å². The van der Waals surface area contributed by atoms with E-state index in [1.807, 2.05) is 6.07 Å². The molecule has 1 atom stereocenters. The Kier molecular flexibility index (Phi) is 4.34. The number of carbonyl (C=O) groups is 1. The summed E-state index contributed by atoms with van der Waals surface area (Å²) in [4.78, 5) is 11.3. The minimum absolute atomic E-state index is 0.478. The first-order valence-corrected chi connectivity index (χ1v) is 5.37. The number of nitrogens with one attached hydrogen (secondary N) is 1. The molecule has 0 spiro atoms. The Morgan fingerprint density at radius 3 is 2.50 bits per heavy atom. The highest BCUT2D eigenvalue weighted by molar-refractivity contribution is 5.82. The Morgan fingerprint density at radius 2 is 2.00 bits per heavy atom. The molecule has 1 aromatic carbocycles. The van der Waals surface area contributed by atoms with Crippen LogP contribution in [0.4, 0.5) is 13.2 Å². The van der Waals surface area contributed by atoms with Crippen molar-refractivity contribution in [3.05, 3.63) is 34.9 Å². The maximum atomic E-state index is 12.2. The number of aryl methyl sites for hydroxylation is 2. The molecule has 6 heteroatoms. The molecule has 1 unspecified atom stereocenters. The molecule has 0 saturated heterocycles. The number of amides is 1. The van der Waals surface area contributed by atoms with E-state index in [-0.39, 0.29) is 0 Å². The quantitative estimate of drug-likeness (QED) is 0.869. The lowest BCUT2D eigenvalue weighted by molar-refractivity contribution is -0.130. The SMILES string of the molecule is Cc1ccc(C)c(C(NCC(F)(F)F)C(N)=O)c1. The fraction of sp³-hybridized carbons (Fsp3) is 0.417. The van der Waals surface area contributed by atoms with Gasteiger partial charge < -0.3 is 5.73 Å². The maximum absolute atomic E-state index is 12.2. The molecule has 0 saturated carbocycles. The van der Waals surface area contributed by atoms with E-state index in [2.05, 4.69) is 5.32 Å². The molecule has 100 valence electrons. The third kappa shape index (κ3) is 4.03. The van der Waals surface area contributed by atoms with Gasteiger partial charge in [-0.25, -0.2) is 0 Å². The van der Waals surface area contributed by atoms with Gasteiger partial charge in [-0.05, 0) is 25.0 Å². The van der Waals surface area contributed by atoms with Crippen LogP contribution in [0.15, 0.2) is 18.2 Å². The molecule has 1 aromatic rings. The number of benzene rings is 1. The van der Waals surface area contributed by atoms with Crippen LogP contribution >= 0.6 is 0 Å². The molecule has 3 nitrogen and oxygen atoms in total. The average molecular weight is 260 g/mol. The summed E-state index contributed by atoms with van der Waals surface area (Å²) in [6.07, 6.45) is -4.38. The molecule has 1 amide bonds. The van der Waals surface area contributed by atoms with Crippen LogP contribution in [0.3, 0.4) is 0 Å². The van der Waals surface area contributed by atoms with Crippen LogP contribution in [-0.2, 0) is 4.79 Å². The number of hydrogen-bond donors (Lipinski definition) is 2. The van der Waals surface area contributed by atoms with Crippen molar-refractivity contribution in [3.63, 3.8) is 0 Å². The smallest absolute Gasteiger partial charge is 0.368 e. The van der Waals surface area contributed by atoms with Crippen molar-refractivity contribution in [1.29, 1.82) is 0 Å². The van der Waals surface area contributed by atoms with Crippen molar-refractivity contribution in [2.75, 3.05) is 6.54 Å². The summed E-state index contributed by atoms with van der Waals surface area (Å²) >= 11 is 0. The highest BCUT2D eigenvalue weighted by atomic mass is 19.4. The lowest BCUT2D eigenvalue weighted by atomic mass is 9.98. The lowest BCUT2D eigenvalue weighted by Crippen LogP contribution is -2.39. The average Bonchev–Trinajstić information content (AvgIpc) is 2.21. The zero-order valence-electron chi connectivity index (χ0n) is 10.1. The summed E-state index contributed by atoms with van der Waals surface area (Å²) in [6, 6.07) is 4.09. The lowest BCUT2D eigenvalue weighted by Gasteiger charge is -2.19. The molecular weight excluding hydrogens is 245 g/mol.